The van der Waals surface area contributed by atoms with Crippen molar-refractivity contribution in [3.8, 4) is 5.75 Å². The van der Waals surface area contributed by atoms with Crippen LogP contribution in [0, 0.1) is 0 Å². The first kappa shape index (κ1) is 11.5. The van der Waals surface area contributed by atoms with Gasteiger partial charge >= 0.3 is 0 Å². The molecule has 1 heterocycles. The minimum atomic E-state index is 0.199. The Hall–Kier alpha value is -1.02. The summed E-state index contributed by atoms with van der Waals surface area (Å²) in [6.07, 6.45) is 6.16. The molecule has 1 aliphatic rings. The van der Waals surface area contributed by atoms with Crippen LogP contribution in [-0.2, 0) is 6.42 Å². The smallest absolute Gasteiger partial charge is 0.115 e. The third kappa shape index (κ3) is 2.99. The number of nitrogens with one attached hydrogen (secondary N) is 1. The lowest BCUT2D eigenvalue weighted by atomic mass is 9.88. The molecule has 2 N–H and O–H groups in total. The highest BCUT2D eigenvalue weighted by molar-refractivity contribution is 5.28. The third-order valence-corrected chi connectivity index (χ3v) is 3.46. The average molecular weight is 219 g/mol. The molecule has 1 aromatic carbocycles. The summed E-state index contributed by atoms with van der Waals surface area (Å²) in [6.45, 7) is 3.41. The van der Waals surface area contributed by atoms with Gasteiger partial charge in [0.15, 0.2) is 0 Å². The van der Waals surface area contributed by atoms with Crippen molar-refractivity contribution in [2.75, 3.05) is 6.54 Å². The molecule has 1 aliphatic heterocycles. The van der Waals surface area contributed by atoms with Gasteiger partial charge in [0.25, 0.3) is 0 Å². The zero-order chi connectivity index (χ0) is 11.4. The molecule has 1 unspecified atom stereocenters. The topological polar surface area (TPSA) is 32.3 Å². The van der Waals surface area contributed by atoms with Crippen LogP contribution in [0.1, 0.15) is 38.2 Å². The molecule has 1 aromatic rings. The van der Waals surface area contributed by atoms with Crippen molar-refractivity contribution in [1.82, 2.24) is 5.32 Å². The number of hydrogen-bond donors (Lipinski definition) is 2. The van der Waals surface area contributed by atoms with E-state index in [4.69, 9.17) is 0 Å². The van der Waals surface area contributed by atoms with Gasteiger partial charge in [0.2, 0.25) is 0 Å². The monoisotopic (exact) mass is 219 g/mol. The van der Waals surface area contributed by atoms with Crippen LogP contribution >= 0.6 is 0 Å². The summed E-state index contributed by atoms with van der Waals surface area (Å²) in [7, 11) is 0. The molecule has 2 heteroatoms. The van der Waals surface area contributed by atoms with Gasteiger partial charge in [0, 0.05) is 5.54 Å². The zero-order valence-electron chi connectivity index (χ0n) is 10.00. The van der Waals surface area contributed by atoms with Crippen molar-refractivity contribution in [3.05, 3.63) is 29.8 Å². The molecular weight excluding hydrogens is 198 g/mol. The number of benzene rings is 1. The summed E-state index contributed by atoms with van der Waals surface area (Å²) >= 11 is 0. The summed E-state index contributed by atoms with van der Waals surface area (Å²) in [5, 5.41) is 13.1. The Morgan fingerprint density at radius 2 is 2.19 bits per heavy atom. The molecular formula is C14H21NO. The fourth-order valence-corrected chi connectivity index (χ4v) is 2.56. The second kappa shape index (κ2) is 4.88. The Balaban J connectivity index is 2.06. The highest BCUT2D eigenvalue weighted by Crippen LogP contribution is 2.24. The lowest BCUT2D eigenvalue weighted by Gasteiger charge is -2.29. The van der Waals surface area contributed by atoms with Gasteiger partial charge in [0.05, 0.1) is 0 Å². The summed E-state index contributed by atoms with van der Waals surface area (Å²) in [6, 6.07) is 7.62. The highest BCUT2D eigenvalue weighted by atomic mass is 16.3. The molecule has 0 saturated carbocycles. The van der Waals surface area contributed by atoms with Crippen molar-refractivity contribution in [2.45, 2.75) is 44.6 Å². The van der Waals surface area contributed by atoms with Gasteiger partial charge in [-0.1, -0.05) is 25.0 Å². The van der Waals surface area contributed by atoms with E-state index < -0.39 is 0 Å². The maximum absolute atomic E-state index is 9.46. The Kier molecular flexibility index (Phi) is 3.49. The SMILES string of the molecule is CC1(Cc2cccc(O)c2)CCCCCN1. The van der Waals surface area contributed by atoms with E-state index in [0.717, 1.165) is 13.0 Å². The first-order valence-corrected chi connectivity index (χ1v) is 6.21. The van der Waals surface area contributed by atoms with Crippen LogP contribution in [0.5, 0.6) is 5.75 Å². The van der Waals surface area contributed by atoms with Crippen molar-refractivity contribution in [1.29, 1.82) is 0 Å². The molecule has 16 heavy (non-hydrogen) atoms. The van der Waals surface area contributed by atoms with Gasteiger partial charge in [0.1, 0.15) is 5.75 Å². The Bertz CT molecular complexity index is 340. The number of aromatic hydroxyl groups is 1. The lowest BCUT2D eigenvalue weighted by Crippen LogP contribution is -2.43. The maximum Gasteiger partial charge on any atom is 0.115 e. The largest absolute Gasteiger partial charge is 0.508 e. The van der Waals surface area contributed by atoms with Crippen molar-refractivity contribution in [2.24, 2.45) is 0 Å². The maximum atomic E-state index is 9.46. The highest BCUT2D eigenvalue weighted by Gasteiger charge is 2.25. The van der Waals surface area contributed by atoms with Crippen LogP contribution in [0.25, 0.3) is 0 Å². The molecule has 0 aliphatic carbocycles. The summed E-state index contributed by atoms with van der Waals surface area (Å²) in [5.41, 5.74) is 1.42. The molecule has 1 saturated heterocycles. The second-order valence-corrected chi connectivity index (χ2v) is 5.14. The number of phenols is 1. The third-order valence-electron chi connectivity index (χ3n) is 3.46. The fourth-order valence-electron chi connectivity index (χ4n) is 2.56. The van der Waals surface area contributed by atoms with Gasteiger partial charge in [-0.3, -0.25) is 0 Å². The molecule has 0 amide bonds. The molecule has 0 spiro atoms. The van der Waals surface area contributed by atoms with Crippen LogP contribution in [0.2, 0.25) is 0 Å². The normalized spacial score (nSPS) is 26.3. The standard InChI is InChI=1S/C14H21NO/c1-14(8-3-2-4-9-15-14)11-12-6-5-7-13(16)10-12/h5-7,10,15-16H,2-4,8-9,11H2,1H3. The van der Waals surface area contributed by atoms with Gasteiger partial charge in [-0.15, -0.1) is 0 Å². The van der Waals surface area contributed by atoms with E-state index in [-0.39, 0.29) is 5.54 Å². The molecule has 0 bridgehead atoms. The van der Waals surface area contributed by atoms with Crippen molar-refractivity contribution in [3.63, 3.8) is 0 Å². The molecule has 0 aromatic heterocycles. The van der Waals surface area contributed by atoms with E-state index in [9.17, 15) is 5.11 Å². The predicted molar refractivity (Wildman–Crippen MR) is 66.7 cm³/mol. The Morgan fingerprint density at radius 1 is 1.31 bits per heavy atom. The van der Waals surface area contributed by atoms with Gasteiger partial charge in [-0.05, 0) is 50.4 Å². The lowest BCUT2D eigenvalue weighted by molar-refractivity contribution is 0.345. The molecule has 1 fully saturated rings. The van der Waals surface area contributed by atoms with Crippen LogP contribution < -0.4 is 5.32 Å². The number of hydrogen-bond acceptors (Lipinski definition) is 2. The summed E-state index contributed by atoms with van der Waals surface area (Å²) < 4.78 is 0. The van der Waals surface area contributed by atoms with Crippen LogP contribution in [-0.4, -0.2) is 17.2 Å². The van der Waals surface area contributed by atoms with Crippen molar-refractivity contribution >= 4 is 0 Å². The summed E-state index contributed by atoms with van der Waals surface area (Å²) in [5.74, 6) is 0.370. The minimum absolute atomic E-state index is 0.199. The Labute approximate surface area is 97.7 Å². The van der Waals surface area contributed by atoms with E-state index >= 15 is 0 Å². The number of phenolic OH excluding ortho intramolecular Hbond substituents is 1. The van der Waals surface area contributed by atoms with E-state index in [0.29, 0.717) is 5.75 Å². The van der Waals surface area contributed by atoms with Gasteiger partial charge < -0.3 is 10.4 Å². The molecule has 2 rings (SSSR count). The second-order valence-electron chi connectivity index (χ2n) is 5.14. The van der Waals surface area contributed by atoms with Crippen LogP contribution in [0.4, 0.5) is 0 Å². The average Bonchev–Trinajstić information content (AvgIpc) is 2.43. The van der Waals surface area contributed by atoms with Gasteiger partial charge in [-0.25, -0.2) is 0 Å². The fraction of sp³-hybridized carbons (Fsp3) is 0.571. The van der Waals surface area contributed by atoms with E-state index in [2.05, 4.69) is 18.3 Å². The summed E-state index contributed by atoms with van der Waals surface area (Å²) in [4.78, 5) is 0. The van der Waals surface area contributed by atoms with Crippen LogP contribution in [0.15, 0.2) is 24.3 Å². The minimum Gasteiger partial charge on any atom is -0.508 e. The predicted octanol–water partition coefficient (Wildman–Crippen LogP) is 2.86. The Morgan fingerprint density at radius 3 is 3.00 bits per heavy atom. The first-order chi connectivity index (χ1) is 7.68. The molecule has 2 nitrogen and oxygen atoms in total. The number of rotatable bonds is 2. The van der Waals surface area contributed by atoms with E-state index in [1.807, 2.05) is 12.1 Å². The quantitative estimate of drug-likeness (QED) is 0.801. The molecule has 1 atom stereocenters. The van der Waals surface area contributed by atoms with Gasteiger partial charge in [-0.2, -0.15) is 0 Å². The van der Waals surface area contributed by atoms with E-state index in [1.54, 1.807) is 6.07 Å². The van der Waals surface area contributed by atoms with E-state index in [1.165, 1.54) is 31.2 Å². The first-order valence-electron chi connectivity index (χ1n) is 6.21. The van der Waals surface area contributed by atoms with Crippen molar-refractivity contribution < 1.29 is 5.11 Å². The van der Waals surface area contributed by atoms with Crippen LogP contribution in [0.3, 0.4) is 0 Å². The molecule has 88 valence electrons. The zero-order valence-corrected chi connectivity index (χ0v) is 10.00. The molecule has 0 radical (unpaired) electrons.